The molecule has 1 atom stereocenters. The Morgan fingerprint density at radius 3 is 2.83 bits per heavy atom. The molecular formula is C18H24FN3O2. The summed E-state index contributed by atoms with van der Waals surface area (Å²) in [5.41, 5.74) is -0.370. The van der Waals surface area contributed by atoms with Crippen LogP contribution in [0.25, 0.3) is 11.5 Å². The van der Waals surface area contributed by atoms with Crippen LogP contribution in [-0.4, -0.2) is 38.9 Å². The van der Waals surface area contributed by atoms with Crippen molar-refractivity contribution in [2.24, 2.45) is 0 Å². The highest BCUT2D eigenvalue weighted by atomic mass is 19.1. The van der Waals surface area contributed by atoms with E-state index in [9.17, 15) is 9.50 Å². The first-order valence-corrected chi connectivity index (χ1v) is 8.49. The highest BCUT2D eigenvalue weighted by Crippen LogP contribution is 2.32. The molecule has 0 amide bonds. The van der Waals surface area contributed by atoms with E-state index in [4.69, 9.17) is 4.42 Å². The maximum atomic E-state index is 13.9. The Balaban J connectivity index is 1.78. The smallest absolute Gasteiger partial charge is 0.250 e. The van der Waals surface area contributed by atoms with Gasteiger partial charge in [0.15, 0.2) is 0 Å². The SMILES string of the molecule is CC(C)(O)CCN1CCCCC1c1nnc(-c2ccccc2F)o1. The van der Waals surface area contributed by atoms with Crippen LogP contribution in [-0.2, 0) is 0 Å². The van der Waals surface area contributed by atoms with Crippen LogP contribution in [0.3, 0.4) is 0 Å². The number of rotatable bonds is 5. The molecule has 1 N–H and O–H groups in total. The fourth-order valence-electron chi connectivity index (χ4n) is 3.07. The van der Waals surface area contributed by atoms with Crippen LogP contribution < -0.4 is 0 Å². The summed E-state index contributed by atoms with van der Waals surface area (Å²) in [5.74, 6) is 0.384. The van der Waals surface area contributed by atoms with Gasteiger partial charge in [-0.2, -0.15) is 0 Å². The summed E-state index contributed by atoms with van der Waals surface area (Å²) in [7, 11) is 0. The van der Waals surface area contributed by atoms with Gasteiger partial charge >= 0.3 is 0 Å². The summed E-state index contributed by atoms with van der Waals surface area (Å²) < 4.78 is 19.7. The number of hydrogen-bond donors (Lipinski definition) is 1. The Morgan fingerprint density at radius 2 is 2.08 bits per heavy atom. The van der Waals surface area contributed by atoms with Crippen molar-refractivity contribution < 1.29 is 13.9 Å². The standard InChI is InChI=1S/C18H24FN3O2/c1-18(2,23)10-12-22-11-6-5-9-15(22)17-21-20-16(24-17)13-7-3-4-8-14(13)19/h3-4,7-8,15,23H,5-6,9-12H2,1-2H3. The minimum atomic E-state index is -0.699. The Labute approximate surface area is 141 Å². The van der Waals surface area contributed by atoms with Gasteiger partial charge in [0, 0.05) is 6.54 Å². The molecule has 0 aliphatic carbocycles. The van der Waals surface area contributed by atoms with E-state index < -0.39 is 5.60 Å². The fraction of sp³-hybridized carbons (Fsp3) is 0.556. The molecule has 1 aromatic heterocycles. The Kier molecular flexibility index (Phi) is 4.96. The number of aromatic nitrogens is 2. The summed E-state index contributed by atoms with van der Waals surface area (Å²) in [6.07, 6.45) is 3.83. The molecule has 0 bridgehead atoms. The quantitative estimate of drug-likeness (QED) is 0.906. The van der Waals surface area contributed by atoms with Gasteiger partial charge in [-0.25, -0.2) is 4.39 Å². The van der Waals surface area contributed by atoms with Crippen molar-refractivity contribution in [2.45, 2.75) is 51.2 Å². The lowest BCUT2D eigenvalue weighted by Gasteiger charge is -2.34. The van der Waals surface area contributed by atoms with Gasteiger partial charge in [0.25, 0.3) is 5.89 Å². The van der Waals surface area contributed by atoms with E-state index in [1.165, 1.54) is 6.07 Å². The van der Waals surface area contributed by atoms with Gasteiger partial charge in [0.1, 0.15) is 5.82 Å². The summed E-state index contributed by atoms with van der Waals surface area (Å²) in [6, 6.07) is 6.44. The second kappa shape index (κ2) is 6.99. The molecule has 3 rings (SSSR count). The molecule has 130 valence electrons. The molecule has 5 nitrogen and oxygen atoms in total. The average molecular weight is 333 g/mol. The van der Waals surface area contributed by atoms with Crippen molar-refractivity contribution >= 4 is 0 Å². The summed E-state index contributed by atoms with van der Waals surface area (Å²) in [6.45, 7) is 5.34. The normalized spacial score (nSPS) is 19.6. The third kappa shape index (κ3) is 3.99. The lowest BCUT2D eigenvalue weighted by atomic mass is 9.99. The maximum Gasteiger partial charge on any atom is 0.250 e. The molecule has 6 heteroatoms. The molecule has 2 aromatic rings. The van der Waals surface area contributed by atoms with Crippen LogP contribution >= 0.6 is 0 Å². The predicted molar refractivity (Wildman–Crippen MR) is 88.8 cm³/mol. The minimum absolute atomic E-state index is 0.0362. The van der Waals surface area contributed by atoms with Crippen molar-refractivity contribution in [1.29, 1.82) is 0 Å². The molecule has 2 heterocycles. The zero-order chi connectivity index (χ0) is 17.2. The Hall–Kier alpha value is -1.79. The number of halogens is 1. The molecule has 1 fully saturated rings. The molecule has 1 aromatic carbocycles. The monoisotopic (exact) mass is 333 g/mol. The first-order chi connectivity index (χ1) is 11.4. The van der Waals surface area contributed by atoms with Gasteiger partial charge in [-0.05, 0) is 51.8 Å². The van der Waals surface area contributed by atoms with Gasteiger partial charge in [-0.15, -0.1) is 10.2 Å². The molecule has 24 heavy (non-hydrogen) atoms. The van der Waals surface area contributed by atoms with E-state index in [1.807, 2.05) is 13.8 Å². The molecule has 0 saturated carbocycles. The number of aliphatic hydroxyl groups is 1. The van der Waals surface area contributed by atoms with Gasteiger partial charge in [-0.3, -0.25) is 4.90 Å². The highest BCUT2D eigenvalue weighted by molar-refractivity contribution is 5.53. The summed E-state index contributed by atoms with van der Waals surface area (Å²) in [5, 5.41) is 18.2. The molecule has 1 aliphatic heterocycles. The number of piperidine rings is 1. The van der Waals surface area contributed by atoms with E-state index in [2.05, 4.69) is 15.1 Å². The summed E-state index contributed by atoms with van der Waals surface area (Å²) >= 11 is 0. The largest absolute Gasteiger partial charge is 0.419 e. The Morgan fingerprint density at radius 1 is 1.29 bits per heavy atom. The topological polar surface area (TPSA) is 62.4 Å². The molecule has 1 saturated heterocycles. The molecular weight excluding hydrogens is 309 g/mol. The van der Waals surface area contributed by atoms with Crippen molar-refractivity contribution in [3.8, 4) is 11.5 Å². The van der Waals surface area contributed by atoms with Gasteiger partial charge in [0.05, 0.1) is 17.2 Å². The molecule has 1 unspecified atom stereocenters. The van der Waals surface area contributed by atoms with E-state index in [-0.39, 0.29) is 17.7 Å². The molecule has 1 aliphatic rings. The van der Waals surface area contributed by atoms with Crippen molar-refractivity contribution in [1.82, 2.24) is 15.1 Å². The Bertz CT molecular complexity index is 681. The third-order valence-corrected chi connectivity index (χ3v) is 4.45. The van der Waals surface area contributed by atoms with Crippen LogP contribution in [0.15, 0.2) is 28.7 Å². The fourth-order valence-corrected chi connectivity index (χ4v) is 3.07. The van der Waals surface area contributed by atoms with Crippen molar-refractivity contribution in [3.05, 3.63) is 36.0 Å². The van der Waals surface area contributed by atoms with Crippen LogP contribution in [0.5, 0.6) is 0 Å². The molecule has 0 spiro atoms. The summed E-state index contributed by atoms with van der Waals surface area (Å²) in [4.78, 5) is 2.28. The lowest BCUT2D eigenvalue weighted by Crippen LogP contribution is -2.37. The number of likely N-dealkylation sites (tertiary alicyclic amines) is 1. The van der Waals surface area contributed by atoms with Crippen molar-refractivity contribution in [2.75, 3.05) is 13.1 Å². The van der Waals surface area contributed by atoms with E-state index >= 15 is 0 Å². The third-order valence-electron chi connectivity index (χ3n) is 4.45. The van der Waals surface area contributed by atoms with Gasteiger partial charge in [0.2, 0.25) is 5.89 Å². The average Bonchev–Trinajstić information content (AvgIpc) is 3.02. The van der Waals surface area contributed by atoms with E-state index in [0.29, 0.717) is 17.9 Å². The zero-order valence-corrected chi connectivity index (χ0v) is 14.2. The predicted octanol–water partition coefficient (Wildman–Crippen LogP) is 3.56. The lowest BCUT2D eigenvalue weighted by molar-refractivity contribution is 0.0398. The minimum Gasteiger partial charge on any atom is -0.419 e. The number of benzene rings is 1. The van der Waals surface area contributed by atoms with E-state index in [0.717, 1.165) is 32.4 Å². The zero-order valence-electron chi connectivity index (χ0n) is 14.2. The maximum absolute atomic E-state index is 13.9. The van der Waals surface area contributed by atoms with Gasteiger partial charge < -0.3 is 9.52 Å². The molecule has 0 radical (unpaired) electrons. The van der Waals surface area contributed by atoms with Crippen LogP contribution in [0.4, 0.5) is 4.39 Å². The number of nitrogens with zero attached hydrogens (tertiary/aromatic N) is 3. The van der Waals surface area contributed by atoms with Crippen molar-refractivity contribution in [3.63, 3.8) is 0 Å². The number of hydrogen-bond acceptors (Lipinski definition) is 5. The highest BCUT2D eigenvalue weighted by Gasteiger charge is 2.30. The first kappa shape index (κ1) is 17.0. The van der Waals surface area contributed by atoms with Gasteiger partial charge in [-0.1, -0.05) is 18.6 Å². The van der Waals surface area contributed by atoms with Crippen LogP contribution in [0.2, 0.25) is 0 Å². The van der Waals surface area contributed by atoms with E-state index in [1.54, 1.807) is 18.2 Å². The second-order valence-corrected chi connectivity index (χ2v) is 7.04. The first-order valence-electron chi connectivity index (χ1n) is 8.49. The van der Waals surface area contributed by atoms with Crippen LogP contribution in [0.1, 0.15) is 51.5 Å². The van der Waals surface area contributed by atoms with Crippen LogP contribution in [0, 0.1) is 5.82 Å². The second-order valence-electron chi connectivity index (χ2n) is 7.04.